The van der Waals surface area contributed by atoms with Gasteiger partial charge in [-0.05, 0) is 36.8 Å². The van der Waals surface area contributed by atoms with E-state index in [0.717, 1.165) is 35.2 Å². The fraction of sp³-hybridized carbons (Fsp3) is 0.263. The van der Waals surface area contributed by atoms with Crippen LogP contribution < -0.4 is 5.32 Å². The molecule has 1 amide bonds. The second-order valence-electron chi connectivity index (χ2n) is 6.16. The Kier molecular flexibility index (Phi) is 5.06. The molecule has 4 rings (SSSR count). The molecule has 1 N–H and O–H groups in total. The summed E-state index contributed by atoms with van der Waals surface area (Å²) < 4.78 is 5.80. The third kappa shape index (κ3) is 3.38. The summed E-state index contributed by atoms with van der Waals surface area (Å²) in [5.41, 5.74) is 2.93. The van der Waals surface area contributed by atoms with Crippen molar-refractivity contribution in [3.8, 4) is 0 Å². The van der Waals surface area contributed by atoms with Crippen LogP contribution in [0.5, 0.6) is 0 Å². The molecule has 0 radical (unpaired) electrons. The Hall–Kier alpha value is -2.37. The first kappa shape index (κ1) is 17.5. The van der Waals surface area contributed by atoms with Crippen molar-refractivity contribution < 1.29 is 9.21 Å². The van der Waals surface area contributed by atoms with E-state index in [1.165, 1.54) is 0 Å². The van der Waals surface area contributed by atoms with Gasteiger partial charge < -0.3 is 14.6 Å². The first-order valence-corrected chi connectivity index (χ1v) is 8.14. The van der Waals surface area contributed by atoms with Gasteiger partial charge in [-0.15, -0.1) is 12.4 Å². The fourth-order valence-corrected chi connectivity index (χ4v) is 3.23. The van der Waals surface area contributed by atoms with Gasteiger partial charge in [0.2, 0.25) is 0 Å². The Morgan fingerprint density at radius 1 is 1.32 bits per heavy atom. The Morgan fingerprint density at radius 2 is 2.20 bits per heavy atom. The predicted molar refractivity (Wildman–Crippen MR) is 99.1 cm³/mol. The van der Waals surface area contributed by atoms with Gasteiger partial charge in [0.25, 0.3) is 5.91 Å². The number of aryl methyl sites for hydroxylation is 1. The SMILES string of the molecule is Cc1ccc2oc(C(=O)N3CCNCC3c3cccnc3)cc2c1.Cl. The number of benzene rings is 1. The average Bonchev–Trinajstić information content (AvgIpc) is 3.05. The number of fused-ring (bicyclic) bond motifs is 1. The van der Waals surface area contributed by atoms with Crippen LogP contribution in [-0.2, 0) is 0 Å². The molecule has 0 aliphatic carbocycles. The molecular formula is C19H20ClN3O2. The number of hydrogen-bond acceptors (Lipinski definition) is 4. The van der Waals surface area contributed by atoms with Crippen molar-refractivity contribution in [3.63, 3.8) is 0 Å². The lowest BCUT2D eigenvalue weighted by molar-refractivity contribution is 0.0604. The van der Waals surface area contributed by atoms with Crippen LogP contribution in [0.25, 0.3) is 11.0 Å². The van der Waals surface area contributed by atoms with Crippen molar-refractivity contribution in [1.82, 2.24) is 15.2 Å². The number of carbonyl (C=O) groups is 1. The maximum atomic E-state index is 13.0. The fourth-order valence-electron chi connectivity index (χ4n) is 3.23. The van der Waals surface area contributed by atoms with Crippen molar-refractivity contribution >= 4 is 29.3 Å². The van der Waals surface area contributed by atoms with Gasteiger partial charge in [-0.25, -0.2) is 0 Å². The number of halogens is 1. The van der Waals surface area contributed by atoms with E-state index in [1.54, 1.807) is 6.20 Å². The summed E-state index contributed by atoms with van der Waals surface area (Å²) in [7, 11) is 0. The van der Waals surface area contributed by atoms with Crippen molar-refractivity contribution in [2.24, 2.45) is 0 Å². The molecule has 3 aromatic rings. The number of pyridine rings is 1. The van der Waals surface area contributed by atoms with Gasteiger partial charge in [0, 0.05) is 37.4 Å². The van der Waals surface area contributed by atoms with Crippen molar-refractivity contribution in [1.29, 1.82) is 0 Å². The van der Waals surface area contributed by atoms with Gasteiger partial charge in [0.1, 0.15) is 5.58 Å². The van der Waals surface area contributed by atoms with Gasteiger partial charge in [-0.2, -0.15) is 0 Å². The average molecular weight is 358 g/mol. The van der Waals surface area contributed by atoms with Crippen LogP contribution in [0.3, 0.4) is 0 Å². The summed E-state index contributed by atoms with van der Waals surface area (Å²) in [5, 5.41) is 4.32. The smallest absolute Gasteiger partial charge is 0.290 e. The highest BCUT2D eigenvalue weighted by atomic mass is 35.5. The highest BCUT2D eigenvalue weighted by molar-refractivity contribution is 5.96. The van der Waals surface area contributed by atoms with E-state index < -0.39 is 0 Å². The molecule has 2 aromatic heterocycles. The molecule has 130 valence electrons. The van der Waals surface area contributed by atoms with Crippen molar-refractivity contribution in [2.45, 2.75) is 13.0 Å². The third-order valence-electron chi connectivity index (χ3n) is 4.46. The lowest BCUT2D eigenvalue weighted by Crippen LogP contribution is -2.48. The molecule has 1 atom stereocenters. The maximum Gasteiger partial charge on any atom is 0.290 e. The van der Waals surface area contributed by atoms with Crippen LogP contribution >= 0.6 is 12.4 Å². The molecule has 1 aliphatic rings. The van der Waals surface area contributed by atoms with Gasteiger partial charge in [0.15, 0.2) is 5.76 Å². The van der Waals surface area contributed by atoms with Crippen LogP contribution in [0.4, 0.5) is 0 Å². The molecule has 0 spiro atoms. The highest BCUT2D eigenvalue weighted by Gasteiger charge is 2.30. The Morgan fingerprint density at radius 3 is 3.00 bits per heavy atom. The summed E-state index contributed by atoms with van der Waals surface area (Å²) >= 11 is 0. The first-order valence-electron chi connectivity index (χ1n) is 8.14. The van der Waals surface area contributed by atoms with E-state index >= 15 is 0 Å². The summed E-state index contributed by atoms with van der Waals surface area (Å²) in [6, 6.07) is 11.7. The largest absolute Gasteiger partial charge is 0.451 e. The molecule has 1 unspecified atom stereocenters. The quantitative estimate of drug-likeness (QED) is 0.764. The standard InChI is InChI=1S/C19H19N3O2.ClH/c1-13-4-5-17-15(9-13)10-18(24-17)19(23)22-8-7-21-12-16(22)14-3-2-6-20-11-14;/h2-6,9-11,16,21H,7-8,12H2,1H3;1H. The number of amides is 1. The van der Waals surface area contributed by atoms with E-state index in [9.17, 15) is 4.79 Å². The minimum Gasteiger partial charge on any atom is -0.451 e. The number of furan rings is 1. The molecule has 3 heterocycles. The summed E-state index contributed by atoms with van der Waals surface area (Å²) in [5.74, 6) is 0.325. The van der Waals surface area contributed by atoms with Crippen LogP contribution in [-0.4, -0.2) is 35.4 Å². The van der Waals surface area contributed by atoms with E-state index in [2.05, 4.69) is 10.3 Å². The van der Waals surface area contributed by atoms with Crippen molar-refractivity contribution in [3.05, 3.63) is 65.7 Å². The third-order valence-corrected chi connectivity index (χ3v) is 4.46. The number of hydrogen-bond donors (Lipinski definition) is 1. The van der Waals surface area contributed by atoms with E-state index in [0.29, 0.717) is 12.3 Å². The summed E-state index contributed by atoms with van der Waals surface area (Å²) in [6.45, 7) is 4.18. The second-order valence-corrected chi connectivity index (χ2v) is 6.16. The lowest BCUT2D eigenvalue weighted by atomic mass is 10.0. The molecule has 6 heteroatoms. The number of nitrogens with one attached hydrogen (secondary N) is 1. The molecule has 1 fully saturated rings. The zero-order valence-corrected chi connectivity index (χ0v) is 14.8. The Balaban J connectivity index is 0.00000182. The molecule has 5 nitrogen and oxygen atoms in total. The summed E-state index contributed by atoms with van der Waals surface area (Å²) in [6.07, 6.45) is 3.56. The maximum absolute atomic E-state index is 13.0. The Bertz CT molecular complexity index is 879. The van der Waals surface area contributed by atoms with E-state index in [1.807, 2.05) is 54.4 Å². The molecule has 1 aromatic carbocycles. The number of aromatic nitrogens is 1. The number of rotatable bonds is 2. The van der Waals surface area contributed by atoms with E-state index in [4.69, 9.17) is 4.42 Å². The van der Waals surface area contributed by atoms with Crippen LogP contribution in [0, 0.1) is 6.92 Å². The highest BCUT2D eigenvalue weighted by Crippen LogP contribution is 2.26. The minimum absolute atomic E-state index is 0. The van der Waals surface area contributed by atoms with E-state index in [-0.39, 0.29) is 24.4 Å². The van der Waals surface area contributed by atoms with Gasteiger partial charge in [-0.3, -0.25) is 9.78 Å². The number of nitrogens with zero attached hydrogens (tertiary/aromatic N) is 2. The zero-order valence-electron chi connectivity index (χ0n) is 13.9. The zero-order chi connectivity index (χ0) is 16.5. The number of piperazine rings is 1. The molecule has 0 bridgehead atoms. The minimum atomic E-state index is -0.0702. The molecule has 25 heavy (non-hydrogen) atoms. The molecular weight excluding hydrogens is 338 g/mol. The van der Waals surface area contributed by atoms with Gasteiger partial charge in [0.05, 0.1) is 6.04 Å². The first-order chi connectivity index (χ1) is 11.7. The van der Waals surface area contributed by atoms with Crippen LogP contribution in [0.2, 0.25) is 0 Å². The second kappa shape index (κ2) is 7.25. The molecule has 1 aliphatic heterocycles. The van der Waals surface area contributed by atoms with Gasteiger partial charge >= 0.3 is 0 Å². The molecule has 0 saturated carbocycles. The number of carbonyl (C=O) groups excluding carboxylic acids is 1. The topological polar surface area (TPSA) is 58.4 Å². The van der Waals surface area contributed by atoms with Crippen LogP contribution in [0.1, 0.15) is 27.7 Å². The normalized spacial score (nSPS) is 17.3. The van der Waals surface area contributed by atoms with Crippen LogP contribution in [0.15, 0.2) is 53.2 Å². The van der Waals surface area contributed by atoms with Gasteiger partial charge in [-0.1, -0.05) is 17.7 Å². The molecule has 1 saturated heterocycles. The van der Waals surface area contributed by atoms with Crippen molar-refractivity contribution in [2.75, 3.05) is 19.6 Å². The summed E-state index contributed by atoms with van der Waals surface area (Å²) in [4.78, 5) is 19.1. The lowest BCUT2D eigenvalue weighted by Gasteiger charge is -2.35. The predicted octanol–water partition coefficient (Wildman–Crippen LogP) is 3.34. The monoisotopic (exact) mass is 357 g/mol. The Labute approximate surface area is 152 Å².